The molecule has 0 radical (unpaired) electrons. The van der Waals surface area contributed by atoms with Gasteiger partial charge < -0.3 is 19.3 Å². The Morgan fingerprint density at radius 3 is 2.35 bits per heavy atom. The second kappa shape index (κ2) is 21.4. The Morgan fingerprint density at radius 2 is 1.65 bits per heavy atom. The van der Waals surface area contributed by atoms with Crippen LogP contribution in [0.25, 0.3) is 0 Å². The summed E-state index contributed by atoms with van der Waals surface area (Å²) in [5.74, 6) is -6.27. The maximum atomic E-state index is 13.8. The minimum absolute atomic E-state index is 0.160. The van der Waals surface area contributed by atoms with Gasteiger partial charge in [-0.1, -0.05) is 82.0 Å². The zero-order valence-corrected chi connectivity index (χ0v) is 36.2. The minimum atomic E-state index is -2.92. The fourth-order valence-corrected chi connectivity index (χ4v) is 11.1. The van der Waals surface area contributed by atoms with E-state index < -0.39 is 47.7 Å². The Labute approximate surface area is 355 Å². The predicted molar refractivity (Wildman–Crippen MR) is 222 cm³/mol. The predicted octanol–water partition coefficient (Wildman–Crippen LogP) is 9.21. The third kappa shape index (κ3) is 12.1. The number of carbonyl (C=O) groups excluding carboxylic acids is 5. The van der Waals surface area contributed by atoms with E-state index in [1.165, 1.54) is 43.2 Å². The number of benzene rings is 1. The first-order valence-electron chi connectivity index (χ1n) is 22.3. The van der Waals surface area contributed by atoms with Crippen molar-refractivity contribution in [3.8, 4) is 0 Å². The molecule has 0 aliphatic heterocycles. The van der Waals surface area contributed by atoms with E-state index in [0.29, 0.717) is 41.1 Å². The van der Waals surface area contributed by atoms with Crippen molar-refractivity contribution in [1.82, 2.24) is 0 Å². The van der Waals surface area contributed by atoms with E-state index in [4.69, 9.17) is 24.0 Å². The van der Waals surface area contributed by atoms with Gasteiger partial charge in [0.05, 0.1) is 6.42 Å². The second-order valence-corrected chi connectivity index (χ2v) is 18.0. The van der Waals surface area contributed by atoms with E-state index in [0.717, 1.165) is 84.5 Å². The zero-order chi connectivity index (χ0) is 43.5. The molecule has 0 spiro atoms. The highest BCUT2D eigenvalue weighted by Crippen LogP contribution is 2.60. The van der Waals surface area contributed by atoms with Gasteiger partial charge >= 0.3 is 41.6 Å². The lowest BCUT2D eigenvalue weighted by atomic mass is 9.56. The smallest absolute Gasteiger partial charge is 0.443 e. The summed E-state index contributed by atoms with van der Waals surface area (Å²) in [6.07, 6.45) is 21.7. The van der Waals surface area contributed by atoms with Crippen LogP contribution < -0.4 is 0 Å². The topological polar surface area (TPSA) is 169 Å². The van der Waals surface area contributed by atoms with E-state index in [9.17, 15) is 33.9 Å². The van der Waals surface area contributed by atoms with E-state index in [-0.39, 0.29) is 25.2 Å². The van der Waals surface area contributed by atoms with Crippen LogP contribution in [-0.4, -0.2) is 52.8 Å². The lowest BCUT2D eigenvalue weighted by Crippen LogP contribution is -2.57. The highest BCUT2D eigenvalue weighted by molar-refractivity contribution is 5.86. The van der Waals surface area contributed by atoms with Gasteiger partial charge in [0.2, 0.25) is 0 Å². The van der Waals surface area contributed by atoms with Crippen molar-refractivity contribution in [2.75, 3.05) is 0 Å². The Morgan fingerprint density at radius 1 is 0.883 bits per heavy atom. The maximum Gasteiger partial charge on any atom is 0.443 e. The number of esters is 3. The van der Waals surface area contributed by atoms with Gasteiger partial charge in [-0.05, 0) is 128 Å². The first-order valence-corrected chi connectivity index (χ1v) is 22.3. The molecule has 3 unspecified atom stereocenters. The van der Waals surface area contributed by atoms with Crippen molar-refractivity contribution >= 4 is 35.8 Å². The monoisotopic (exact) mass is 834 g/mol. The number of rotatable bonds is 19. The molecule has 1 aromatic rings. The summed E-state index contributed by atoms with van der Waals surface area (Å²) in [6, 6.07) is 6.07. The molecule has 1 aromatic carbocycles. The summed E-state index contributed by atoms with van der Waals surface area (Å²) in [5, 5.41) is 9.23. The number of fused-ring (bicyclic) bond motifs is 5. The molecule has 1 N–H and O–H groups in total. The Hall–Kier alpha value is -4.48. The van der Waals surface area contributed by atoms with Crippen LogP contribution in [0.2, 0.25) is 0 Å². The fourth-order valence-electron chi connectivity index (χ4n) is 11.1. The van der Waals surface area contributed by atoms with E-state index in [1.807, 2.05) is 18.2 Å². The third-order valence-electron chi connectivity index (χ3n) is 13.7. The van der Waals surface area contributed by atoms with Crippen LogP contribution in [0.1, 0.15) is 160 Å². The maximum absolute atomic E-state index is 13.8. The van der Waals surface area contributed by atoms with Crippen LogP contribution >= 0.6 is 0 Å². The van der Waals surface area contributed by atoms with Gasteiger partial charge in [-0.25, -0.2) is 19.4 Å². The Balaban J connectivity index is 1.21. The fraction of sp³-hybridized carbons (Fsp3) is 0.667. The largest absolute Gasteiger partial charge is 0.481 e. The van der Waals surface area contributed by atoms with Gasteiger partial charge in [-0.15, -0.1) is 0 Å². The Kier molecular flexibility index (Phi) is 16.6. The quantitative estimate of drug-likeness (QED) is 0.0462. The Bertz CT molecular complexity index is 1750. The van der Waals surface area contributed by atoms with Crippen LogP contribution in [0.15, 0.2) is 42.5 Å². The first kappa shape index (κ1) is 46.6. The van der Waals surface area contributed by atoms with E-state index >= 15 is 0 Å². The molecular formula is C48H66O12. The molecule has 5 rings (SSSR count). The van der Waals surface area contributed by atoms with Gasteiger partial charge in [0.15, 0.2) is 6.10 Å². The molecule has 0 amide bonds. The molecule has 0 bridgehead atoms. The molecule has 12 nitrogen and oxygen atoms in total. The molecule has 3 saturated carbocycles. The highest BCUT2D eigenvalue weighted by atomic mass is 17.2. The number of hydrogen-bond donors (Lipinski definition) is 1. The van der Waals surface area contributed by atoms with Crippen molar-refractivity contribution in [3.05, 3.63) is 59.2 Å². The van der Waals surface area contributed by atoms with Crippen molar-refractivity contribution in [2.45, 2.75) is 168 Å². The molecule has 12 heteroatoms. The van der Waals surface area contributed by atoms with Crippen molar-refractivity contribution in [3.63, 3.8) is 0 Å². The number of carbonyl (C=O) groups is 6. The number of aryl methyl sites for hydroxylation is 1. The molecule has 0 saturated heterocycles. The van der Waals surface area contributed by atoms with E-state index in [1.54, 1.807) is 6.08 Å². The summed E-state index contributed by atoms with van der Waals surface area (Å²) in [7, 11) is 0. The number of carboxylic acid groups (broad SMARTS) is 1. The molecular weight excluding hydrogens is 769 g/mol. The number of ether oxygens (including phenoxy) is 3. The van der Waals surface area contributed by atoms with Crippen LogP contribution in [0, 0.1) is 35.0 Å². The SMILES string of the molecule is CCCC(CCC=C[C@H]1CCC[C@@H]1C/C=C\CC(OC(C)=O)C(OC(C)=O)(OC(C)=O)C(=O)OOC(=O)Cc1ccc2c(c1)CCC1[C@@H]2CC[C@]2(C)CCC[C@@H]12)CC(=O)O. The molecule has 0 heterocycles. The normalized spacial score (nSPS) is 25.7. The van der Waals surface area contributed by atoms with Gasteiger partial charge in [-0.2, -0.15) is 0 Å². The summed E-state index contributed by atoms with van der Waals surface area (Å²) >= 11 is 0. The van der Waals surface area contributed by atoms with Crippen molar-refractivity contribution in [2.24, 2.45) is 35.0 Å². The van der Waals surface area contributed by atoms with Crippen LogP contribution in [0.4, 0.5) is 0 Å². The zero-order valence-electron chi connectivity index (χ0n) is 36.2. The number of hydrogen-bond acceptors (Lipinski definition) is 11. The number of allylic oxidation sites excluding steroid dienone is 3. The third-order valence-corrected chi connectivity index (χ3v) is 13.7. The number of carboxylic acids is 1. The standard InChI is InChI=1S/C48H66O12/c1-6-13-34(29-44(52)53)14-7-8-15-36-17-11-18-37(36)16-9-10-20-43(56-31(2)49)48(57-32(3)50,58-33(4)51)46(55)60-59-45(54)30-35-21-23-39-38(28-35)22-24-41-40(39)25-27-47(5)26-12-19-42(41)47/h8-10,15,21,23,28,34,36-37,40-43H,6-7,11-14,16-20,22,24-27,29-30H2,1-5H3,(H,52,53)/b10-9-,15-8?/t34?,36-,37-,40+,41?,42-,43?,47-/m0/s1. The second-order valence-electron chi connectivity index (χ2n) is 18.0. The minimum Gasteiger partial charge on any atom is -0.481 e. The van der Waals surface area contributed by atoms with Crippen LogP contribution in [-0.2, 0) is 65.6 Å². The average Bonchev–Trinajstić information content (AvgIpc) is 3.81. The van der Waals surface area contributed by atoms with E-state index in [2.05, 4.69) is 32.1 Å². The molecule has 8 atom stereocenters. The van der Waals surface area contributed by atoms with Gasteiger partial charge in [-0.3, -0.25) is 19.2 Å². The molecule has 3 fully saturated rings. The van der Waals surface area contributed by atoms with Gasteiger partial charge in [0.1, 0.15) is 0 Å². The van der Waals surface area contributed by atoms with Gasteiger partial charge in [0, 0.05) is 33.6 Å². The molecule has 60 heavy (non-hydrogen) atoms. The average molecular weight is 835 g/mol. The highest BCUT2D eigenvalue weighted by Gasteiger charge is 2.58. The summed E-state index contributed by atoms with van der Waals surface area (Å²) in [4.78, 5) is 85.2. The van der Waals surface area contributed by atoms with Crippen LogP contribution in [0.5, 0.6) is 0 Å². The summed E-state index contributed by atoms with van der Waals surface area (Å²) in [5.41, 5.74) is 3.75. The summed E-state index contributed by atoms with van der Waals surface area (Å²) in [6.45, 7) is 7.60. The lowest BCUT2D eigenvalue weighted by Gasteiger charge is -2.49. The van der Waals surface area contributed by atoms with Crippen molar-refractivity contribution < 1.29 is 57.9 Å². The first-order chi connectivity index (χ1) is 28.6. The summed E-state index contributed by atoms with van der Waals surface area (Å²) < 4.78 is 16.1. The van der Waals surface area contributed by atoms with Crippen molar-refractivity contribution in [1.29, 1.82) is 0 Å². The lowest BCUT2D eigenvalue weighted by molar-refractivity contribution is -0.307. The number of aliphatic carboxylic acids is 1. The molecule has 4 aliphatic carbocycles. The van der Waals surface area contributed by atoms with Crippen LogP contribution in [0.3, 0.4) is 0 Å². The molecule has 330 valence electrons. The molecule has 4 aliphatic rings. The van der Waals surface area contributed by atoms with Gasteiger partial charge in [0.25, 0.3) is 0 Å². The molecule has 0 aromatic heterocycles.